The summed E-state index contributed by atoms with van der Waals surface area (Å²) in [5, 5.41) is 8.48. The van der Waals surface area contributed by atoms with Crippen LogP contribution in [0, 0.1) is 13.0 Å². The second-order valence-electron chi connectivity index (χ2n) is 2.23. The summed E-state index contributed by atoms with van der Waals surface area (Å²) in [4.78, 5) is 0. The van der Waals surface area contributed by atoms with E-state index in [0.29, 0.717) is 6.61 Å². The van der Waals surface area contributed by atoms with E-state index >= 15 is 0 Å². The molecule has 1 N–H and O–H groups in total. The highest BCUT2D eigenvalue weighted by atomic mass is 16.5. The third-order valence-corrected chi connectivity index (χ3v) is 1.36. The van der Waals surface area contributed by atoms with Crippen molar-refractivity contribution in [3.05, 3.63) is 29.8 Å². The molecule has 0 bridgehead atoms. The van der Waals surface area contributed by atoms with Crippen molar-refractivity contribution in [1.82, 2.24) is 0 Å². The first-order chi connectivity index (χ1) is 5.34. The molecule has 0 aliphatic carbocycles. The molecule has 0 spiro atoms. The Morgan fingerprint density at radius 2 is 2.45 bits per heavy atom. The number of benzene rings is 1. The van der Waals surface area contributed by atoms with Crippen molar-refractivity contribution in [3.8, 4) is 5.75 Å². The molecule has 0 atom stereocenters. The normalized spacial score (nSPS) is 9.64. The third kappa shape index (κ3) is 2.24. The van der Waals surface area contributed by atoms with Crippen molar-refractivity contribution in [2.75, 3.05) is 13.2 Å². The van der Waals surface area contributed by atoms with Gasteiger partial charge in [-0.1, -0.05) is 12.1 Å². The molecule has 0 aliphatic heterocycles. The van der Waals surface area contributed by atoms with Gasteiger partial charge in [-0.3, -0.25) is 0 Å². The maximum atomic E-state index is 8.48. The molecule has 1 aromatic rings. The van der Waals surface area contributed by atoms with Gasteiger partial charge in [0, 0.05) is 0 Å². The maximum absolute atomic E-state index is 8.48. The van der Waals surface area contributed by atoms with Crippen LogP contribution in [0.2, 0.25) is 0 Å². The summed E-state index contributed by atoms with van der Waals surface area (Å²) < 4.78 is 5.20. The molecule has 1 rings (SSSR count). The fraction of sp³-hybridized carbons (Fsp3) is 0.333. The first kappa shape index (κ1) is 8.08. The van der Waals surface area contributed by atoms with Gasteiger partial charge in [0.15, 0.2) is 0 Å². The van der Waals surface area contributed by atoms with E-state index in [9.17, 15) is 0 Å². The minimum Gasteiger partial charge on any atom is -0.491 e. The molecule has 11 heavy (non-hydrogen) atoms. The first-order valence-corrected chi connectivity index (χ1v) is 3.55. The average molecular weight is 151 g/mol. The molecule has 0 heterocycles. The molecule has 1 aromatic carbocycles. The van der Waals surface area contributed by atoms with Crippen molar-refractivity contribution >= 4 is 0 Å². The lowest BCUT2D eigenvalue weighted by Crippen LogP contribution is -2.02. The molecule has 0 aromatic heterocycles. The lowest BCUT2D eigenvalue weighted by Gasteiger charge is -2.05. The molecule has 0 aliphatic rings. The summed E-state index contributed by atoms with van der Waals surface area (Å²) in [6.07, 6.45) is 0. The van der Waals surface area contributed by atoms with Crippen LogP contribution in [0.25, 0.3) is 0 Å². The van der Waals surface area contributed by atoms with Crippen LogP contribution in [0.1, 0.15) is 5.56 Å². The zero-order chi connectivity index (χ0) is 8.10. The molecule has 0 fully saturated rings. The van der Waals surface area contributed by atoms with Crippen molar-refractivity contribution in [3.63, 3.8) is 0 Å². The van der Waals surface area contributed by atoms with Crippen molar-refractivity contribution in [1.29, 1.82) is 0 Å². The van der Waals surface area contributed by atoms with Gasteiger partial charge in [0.05, 0.1) is 6.61 Å². The third-order valence-electron chi connectivity index (χ3n) is 1.36. The summed E-state index contributed by atoms with van der Waals surface area (Å²) in [7, 11) is 0. The van der Waals surface area contributed by atoms with Crippen LogP contribution < -0.4 is 4.74 Å². The van der Waals surface area contributed by atoms with Gasteiger partial charge < -0.3 is 9.84 Å². The maximum Gasteiger partial charge on any atom is 0.122 e. The van der Waals surface area contributed by atoms with E-state index in [1.807, 2.05) is 25.1 Å². The smallest absolute Gasteiger partial charge is 0.122 e. The van der Waals surface area contributed by atoms with E-state index in [0.717, 1.165) is 11.3 Å². The largest absolute Gasteiger partial charge is 0.491 e. The van der Waals surface area contributed by atoms with Crippen molar-refractivity contribution < 1.29 is 9.84 Å². The van der Waals surface area contributed by atoms with E-state index < -0.39 is 0 Å². The molecule has 2 nitrogen and oxygen atoms in total. The number of aliphatic hydroxyl groups is 1. The van der Waals surface area contributed by atoms with Gasteiger partial charge >= 0.3 is 0 Å². The number of aliphatic hydroxyl groups excluding tert-OH is 1. The Morgan fingerprint density at radius 3 is 3.09 bits per heavy atom. The Kier molecular flexibility index (Phi) is 2.93. The second-order valence-corrected chi connectivity index (χ2v) is 2.23. The molecule has 0 amide bonds. The summed E-state index contributed by atoms with van der Waals surface area (Å²) in [6.45, 7) is 2.32. The molecule has 1 radical (unpaired) electrons. The summed E-state index contributed by atoms with van der Waals surface area (Å²) in [6, 6.07) is 8.56. The van der Waals surface area contributed by atoms with Gasteiger partial charge in [-0.15, -0.1) is 0 Å². The summed E-state index contributed by atoms with van der Waals surface area (Å²) >= 11 is 0. The van der Waals surface area contributed by atoms with Crippen LogP contribution in [0.5, 0.6) is 5.75 Å². The van der Waals surface area contributed by atoms with E-state index in [2.05, 4.69) is 6.07 Å². The Hall–Kier alpha value is -1.02. The highest BCUT2D eigenvalue weighted by molar-refractivity contribution is 5.30. The van der Waals surface area contributed by atoms with Crippen LogP contribution in [-0.4, -0.2) is 18.3 Å². The van der Waals surface area contributed by atoms with E-state index in [-0.39, 0.29) is 6.61 Å². The van der Waals surface area contributed by atoms with Gasteiger partial charge in [-0.2, -0.15) is 0 Å². The van der Waals surface area contributed by atoms with Gasteiger partial charge in [-0.25, -0.2) is 0 Å². The SMILES string of the molecule is Cc1[c]cccc1OCCO. The fourth-order valence-electron chi connectivity index (χ4n) is 0.817. The quantitative estimate of drug-likeness (QED) is 0.702. The number of hydrogen-bond donors (Lipinski definition) is 1. The standard InChI is InChI=1S/C9H11O2/c1-8-4-2-3-5-9(8)11-7-6-10/h2-3,5,10H,6-7H2,1H3. The molecular weight excluding hydrogens is 140 g/mol. The highest BCUT2D eigenvalue weighted by Crippen LogP contribution is 2.14. The Morgan fingerprint density at radius 1 is 1.64 bits per heavy atom. The Bertz CT molecular complexity index is 221. The van der Waals surface area contributed by atoms with Crippen LogP contribution in [-0.2, 0) is 0 Å². The summed E-state index contributed by atoms with van der Waals surface area (Å²) in [5.41, 5.74) is 0.973. The lowest BCUT2D eigenvalue weighted by molar-refractivity contribution is 0.200. The lowest BCUT2D eigenvalue weighted by atomic mass is 10.2. The van der Waals surface area contributed by atoms with E-state index in [4.69, 9.17) is 9.84 Å². The molecule has 0 saturated carbocycles. The van der Waals surface area contributed by atoms with Gasteiger partial charge in [-0.05, 0) is 24.6 Å². The second kappa shape index (κ2) is 3.98. The van der Waals surface area contributed by atoms with Crippen LogP contribution in [0.3, 0.4) is 0 Å². The average Bonchev–Trinajstić information content (AvgIpc) is 2.03. The fourth-order valence-corrected chi connectivity index (χ4v) is 0.817. The van der Waals surface area contributed by atoms with E-state index in [1.54, 1.807) is 0 Å². The zero-order valence-electron chi connectivity index (χ0n) is 6.50. The van der Waals surface area contributed by atoms with Crippen molar-refractivity contribution in [2.45, 2.75) is 6.92 Å². The monoisotopic (exact) mass is 151 g/mol. The first-order valence-electron chi connectivity index (χ1n) is 3.55. The van der Waals surface area contributed by atoms with Crippen LogP contribution >= 0.6 is 0 Å². The Labute approximate surface area is 66.4 Å². The predicted octanol–water partition coefficient (Wildman–Crippen LogP) is 1.17. The summed E-state index contributed by atoms with van der Waals surface area (Å²) in [5.74, 6) is 0.793. The number of ether oxygens (including phenoxy) is 1. The molecule has 2 heteroatoms. The molecule has 0 unspecified atom stereocenters. The zero-order valence-corrected chi connectivity index (χ0v) is 6.50. The van der Waals surface area contributed by atoms with Crippen LogP contribution in [0.15, 0.2) is 18.2 Å². The van der Waals surface area contributed by atoms with E-state index in [1.165, 1.54) is 0 Å². The molecular formula is C9H11O2. The number of hydrogen-bond acceptors (Lipinski definition) is 2. The topological polar surface area (TPSA) is 29.5 Å². The van der Waals surface area contributed by atoms with Gasteiger partial charge in [0.1, 0.15) is 12.4 Å². The van der Waals surface area contributed by atoms with Gasteiger partial charge in [0.2, 0.25) is 0 Å². The number of rotatable bonds is 3. The van der Waals surface area contributed by atoms with Crippen LogP contribution in [0.4, 0.5) is 0 Å². The predicted molar refractivity (Wildman–Crippen MR) is 42.6 cm³/mol. The molecule has 59 valence electrons. The minimum absolute atomic E-state index is 0.0499. The minimum atomic E-state index is 0.0499. The molecule has 0 saturated heterocycles. The van der Waals surface area contributed by atoms with Gasteiger partial charge in [0.25, 0.3) is 0 Å². The number of aryl methyl sites for hydroxylation is 1. The Balaban J connectivity index is 2.62. The van der Waals surface area contributed by atoms with Crippen molar-refractivity contribution in [2.24, 2.45) is 0 Å². The highest BCUT2D eigenvalue weighted by Gasteiger charge is 1.95.